The lowest BCUT2D eigenvalue weighted by atomic mass is 10.2. The van der Waals surface area contributed by atoms with Crippen molar-refractivity contribution in [1.82, 2.24) is 9.80 Å². The summed E-state index contributed by atoms with van der Waals surface area (Å²) < 4.78 is 0. The van der Waals surface area contributed by atoms with Gasteiger partial charge in [0, 0.05) is 6.54 Å². The Balaban J connectivity index is 2.58. The Labute approximate surface area is 89.0 Å². The Morgan fingerprint density at radius 3 is 2.27 bits per heavy atom. The van der Waals surface area contributed by atoms with E-state index in [4.69, 9.17) is 0 Å². The van der Waals surface area contributed by atoms with Crippen molar-refractivity contribution in [1.29, 1.82) is 0 Å². The van der Waals surface area contributed by atoms with Gasteiger partial charge in [0.1, 0.15) is 12.3 Å². The largest absolute Gasteiger partial charge is 0.332 e. The number of nitrogens with zero attached hydrogens (tertiary/aromatic N) is 2. The topological polar surface area (TPSA) is 57.7 Å². The third-order valence-corrected chi connectivity index (χ3v) is 2.26. The van der Waals surface area contributed by atoms with Crippen LogP contribution in [0.4, 0.5) is 0 Å². The van der Waals surface area contributed by atoms with E-state index in [2.05, 4.69) is 0 Å². The molecular formula is C10H16N2O3. The highest BCUT2D eigenvalue weighted by Gasteiger charge is 2.29. The van der Waals surface area contributed by atoms with Crippen LogP contribution in [-0.4, -0.2) is 53.6 Å². The van der Waals surface area contributed by atoms with Crippen molar-refractivity contribution in [2.75, 3.05) is 26.2 Å². The third-order valence-electron chi connectivity index (χ3n) is 2.26. The normalized spacial score (nSPS) is 17.2. The van der Waals surface area contributed by atoms with Crippen molar-refractivity contribution in [3.8, 4) is 0 Å². The van der Waals surface area contributed by atoms with Crippen molar-refractivity contribution in [2.24, 2.45) is 0 Å². The van der Waals surface area contributed by atoms with E-state index >= 15 is 0 Å². The second-order valence-corrected chi connectivity index (χ2v) is 3.77. The lowest BCUT2D eigenvalue weighted by Crippen LogP contribution is -2.54. The second kappa shape index (κ2) is 4.91. The van der Waals surface area contributed by atoms with Crippen LogP contribution in [0.15, 0.2) is 0 Å². The first kappa shape index (κ1) is 11.7. The minimum absolute atomic E-state index is 0.0401. The lowest BCUT2D eigenvalue weighted by molar-refractivity contribution is -0.151. The summed E-state index contributed by atoms with van der Waals surface area (Å²) >= 11 is 0. The van der Waals surface area contributed by atoms with Crippen molar-refractivity contribution in [3.63, 3.8) is 0 Å². The predicted molar refractivity (Wildman–Crippen MR) is 54.1 cm³/mol. The van der Waals surface area contributed by atoms with E-state index in [-0.39, 0.29) is 37.2 Å². The molecule has 1 rings (SSSR count). The lowest BCUT2D eigenvalue weighted by Gasteiger charge is -2.33. The first-order valence-corrected chi connectivity index (χ1v) is 5.09. The van der Waals surface area contributed by atoms with Gasteiger partial charge in [-0.1, -0.05) is 6.92 Å². The molecule has 84 valence electrons. The number of carbonyl (C=O) groups is 3. The molecule has 2 amide bonds. The number of rotatable bonds is 4. The maximum Gasteiger partial charge on any atom is 0.243 e. The van der Waals surface area contributed by atoms with Crippen LogP contribution < -0.4 is 0 Å². The number of hydrogen-bond donors (Lipinski definition) is 0. The van der Waals surface area contributed by atoms with Crippen LogP contribution in [0.25, 0.3) is 0 Å². The van der Waals surface area contributed by atoms with Gasteiger partial charge < -0.3 is 9.80 Å². The molecule has 1 heterocycles. The number of amides is 2. The summed E-state index contributed by atoms with van der Waals surface area (Å²) in [4.78, 5) is 36.8. The molecule has 0 spiro atoms. The number of hydrogen-bond acceptors (Lipinski definition) is 3. The van der Waals surface area contributed by atoms with E-state index in [1.54, 1.807) is 4.90 Å². The zero-order chi connectivity index (χ0) is 11.4. The van der Waals surface area contributed by atoms with E-state index in [1.807, 2.05) is 6.92 Å². The van der Waals surface area contributed by atoms with Crippen LogP contribution in [0.3, 0.4) is 0 Å². The van der Waals surface area contributed by atoms with Crippen molar-refractivity contribution in [2.45, 2.75) is 20.3 Å². The third kappa shape index (κ3) is 3.04. The molecule has 15 heavy (non-hydrogen) atoms. The molecule has 0 bridgehead atoms. The molecule has 0 aromatic rings. The van der Waals surface area contributed by atoms with E-state index in [0.717, 1.165) is 6.42 Å². The molecule has 0 aliphatic carbocycles. The molecule has 1 saturated heterocycles. The van der Waals surface area contributed by atoms with Gasteiger partial charge in [0.05, 0.1) is 13.1 Å². The minimum Gasteiger partial charge on any atom is -0.332 e. The zero-order valence-electron chi connectivity index (χ0n) is 9.15. The second-order valence-electron chi connectivity index (χ2n) is 3.77. The Hall–Kier alpha value is -1.39. The SMILES string of the molecule is CCCN1CC(=O)N(CC(C)=O)CC1=O. The smallest absolute Gasteiger partial charge is 0.243 e. The molecule has 0 radical (unpaired) electrons. The Kier molecular flexibility index (Phi) is 3.82. The zero-order valence-corrected chi connectivity index (χ0v) is 9.15. The van der Waals surface area contributed by atoms with Gasteiger partial charge in [-0.15, -0.1) is 0 Å². The van der Waals surface area contributed by atoms with Crippen LogP contribution in [0.1, 0.15) is 20.3 Å². The Morgan fingerprint density at radius 1 is 1.20 bits per heavy atom. The summed E-state index contributed by atoms with van der Waals surface area (Å²) in [6.45, 7) is 4.18. The summed E-state index contributed by atoms with van der Waals surface area (Å²) in [5, 5.41) is 0. The average Bonchev–Trinajstić information content (AvgIpc) is 2.13. The maximum absolute atomic E-state index is 11.5. The van der Waals surface area contributed by atoms with Crippen LogP contribution >= 0.6 is 0 Å². The van der Waals surface area contributed by atoms with Gasteiger partial charge in [-0.3, -0.25) is 14.4 Å². The standard InChI is InChI=1S/C10H16N2O3/c1-3-4-11-6-10(15)12(5-8(2)13)7-9(11)14/h3-7H2,1-2H3. The van der Waals surface area contributed by atoms with E-state index in [9.17, 15) is 14.4 Å². The van der Waals surface area contributed by atoms with Gasteiger partial charge in [-0.2, -0.15) is 0 Å². The monoisotopic (exact) mass is 212 g/mol. The van der Waals surface area contributed by atoms with E-state index in [1.165, 1.54) is 11.8 Å². The van der Waals surface area contributed by atoms with Crippen molar-refractivity contribution >= 4 is 17.6 Å². The first-order valence-electron chi connectivity index (χ1n) is 5.09. The first-order chi connectivity index (χ1) is 7.04. The van der Waals surface area contributed by atoms with Crippen LogP contribution in [0.2, 0.25) is 0 Å². The van der Waals surface area contributed by atoms with Gasteiger partial charge in [0.15, 0.2) is 0 Å². The van der Waals surface area contributed by atoms with E-state index in [0.29, 0.717) is 6.54 Å². The molecule has 0 saturated carbocycles. The molecule has 0 unspecified atom stereocenters. The summed E-state index contributed by atoms with van der Waals surface area (Å²) in [5.74, 6) is -0.309. The molecule has 5 heteroatoms. The van der Waals surface area contributed by atoms with Gasteiger partial charge in [-0.05, 0) is 13.3 Å². The van der Waals surface area contributed by atoms with Gasteiger partial charge in [0.2, 0.25) is 11.8 Å². The summed E-state index contributed by atoms with van der Waals surface area (Å²) in [5.41, 5.74) is 0. The molecule has 0 atom stereocenters. The fraction of sp³-hybridized carbons (Fsp3) is 0.700. The van der Waals surface area contributed by atoms with E-state index < -0.39 is 0 Å². The van der Waals surface area contributed by atoms with Crippen LogP contribution in [0.5, 0.6) is 0 Å². The van der Waals surface area contributed by atoms with Gasteiger partial charge >= 0.3 is 0 Å². The fourth-order valence-corrected chi connectivity index (χ4v) is 1.59. The summed E-state index contributed by atoms with van der Waals surface area (Å²) in [7, 11) is 0. The Bertz CT molecular complexity index is 288. The number of ketones is 1. The average molecular weight is 212 g/mol. The van der Waals surface area contributed by atoms with Gasteiger partial charge in [0.25, 0.3) is 0 Å². The van der Waals surface area contributed by atoms with Crippen molar-refractivity contribution in [3.05, 3.63) is 0 Å². The number of carbonyl (C=O) groups excluding carboxylic acids is 3. The minimum atomic E-state index is -0.141. The molecule has 5 nitrogen and oxygen atoms in total. The molecule has 0 aromatic carbocycles. The molecule has 1 fully saturated rings. The molecule has 0 N–H and O–H groups in total. The maximum atomic E-state index is 11.5. The fourth-order valence-electron chi connectivity index (χ4n) is 1.59. The highest BCUT2D eigenvalue weighted by Crippen LogP contribution is 2.05. The van der Waals surface area contributed by atoms with Crippen molar-refractivity contribution < 1.29 is 14.4 Å². The molecular weight excluding hydrogens is 196 g/mol. The van der Waals surface area contributed by atoms with Crippen LogP contribution in [0, 0.1) is 0 Å². The quantitative estimate of drug-likeness (QED) is 0.640. The molecule has 1 aliphatic rings. The predicted octanol–water partition coefficient (Wildman–Crippen LogP) is -0.344. The summed E-state index contributed by atoms with van der Waals surface area (Å²) in [6, 6.07) is 0. The highest BCUT2D eigenvalue weighted by molar-refractivity contribution is 5.94. The molecule has 0 aromatic heterocycles. The van der Waals surface area contributed by atoms with Gasteiger partial charge in [-0.25, -0.2) is 0 Å². The van der Waals surface area contributed by atoms with Crippen LogP contribution in [-0.2, 0) is 14.4 Å². The summed E-state index contributed by atoms with van der Waals surface area (Å²) in [6.07, 6.45) is 0.839. The number of piperazine rings is 1. The molecule has 1 aliphatic heterocycles. The highest BCUT2D eigenvalue weighted by atomic mass is 16.2. The Morgan fingerprint density at radius 2 is 1.73 bits per heavy atom. The number of Topliss-reactive ketones (excluding diaryl/α,β-unsaturated/α-hetero) is 1.